The van der Waals surface area contributed by atoms with E-state index in [0.29, 0.717) is 17.5 Å². The zero-order valence-corrected chi connectivity index (χ0v) is 11.5. The van der Waals surface area contributed by atoms with E-state index in [1.54, 1.807) is 12.3 Å². The van der Waals surface area contributed by atoms with E-state index >= 15 is 0 Å². The molecule has 0 amide bonds. The van der Waals surface area contributed by atoms with Crippen LogP contribution in [0.1, 0.15) is 19.4 Å². The second-order valence-electron chi connectivity index (χ2n) is 4.59. The van der Waals surface area contributed by atoms with E-state index in [2.05, 4.69) is 10.3 Å². The van der Waals surface area contributed by atoms with E-state index in [0.717, 1.165) is 11.8 Å². The highest BCUT2D eigenvalue weighted by molar-refractivity contribution is 6.29. The van der Waals surface area contributed by atoms with E-state index in [1.165, 1.54) is 0 Å². The molecule has 1 aliphatic rings. The molecule has 1 fully saturated rings. The first-order valence-corrected chi connectivity index (χ1v) is 6.34. The van der Waals surface area contributed by atoms with Crippen LogP contribution >= 0.6 is 11.6 Å². The number of halogens is 1. The molecule has 7 heteroatoms. The summed E-state index contributed by atoms with van der Waals surface area (Å²) in [6.45, 7) is 4.59. The van der Waals surface area contributed by atoms with Gasteiger partial charge >= 0.3 is 0 Å². The number of hydrogen-bond acceptors (Lipinski definition) is 5. The monoisotopic (exact) mass is 282 g/mol. The van der Waals surface area contributed by atoms with E-state index in [9.17, 15) is 10.1 Å². The molecule has 0 spiro atoms. The fraction of sp³-hybridized carbons (Fsp3) is 0.417. The highest BCUT2D eigenvalue weighted by atomic mass is 35.5. The van der Waals surface area contributed by atoms with Crippen LogP contribution in [0.2, 0.25) is 5.15 Å². The number of nitrogens with zero attached hydrogens (tertiary/aromatic N) is 3. The minimum atomic E-state index is -0.444. The molecule has 6 nitrogen and oxygen atoms in total. The minimum Gasteiger partial charge on any atom is -0.362 e. The molecule has 0 radical (unpaired) electrons. The molecule has 2 rings (SSSR count). The van der Waals surface area contributed by atoms with Gasteiger partial charge in [-0.15, -0.1) is 0 Å². The van der Waals surface area contributed by atoms with Gasteiger partial charge in [0.1, 0.15) is 5.15 Å². The molecule has 1 saturated heterocycles. The van der Waals surface area contributed by atoms with Crippen molar-refractivity contribution in [3.05, 3.63) is 51.2 Å². The Morgan fingerprint density at radius 1 is 1.58 bits per heavy atom. The molecular weight excluding hydrogens is 268 g/mol. The van der Waals surface area contributed by atoms with Crippen molar-refractivity contribution < 1.29 is 4.92 Å². The first-order chi connectivity index (χ1) is 8.97. The Morgan fingerprint density at radius 3 is 2.89 bits per heavy atom. The normalized spacial score (nSPS) is 24.6. The number of nitro groups is 1. The molecule has 0 unspecified atom stereocenters. The Morgan fingerprint density at radius 2 is 2.32 bits per heavy atom. The van der Waals surface area contributed by atoms with Gasteiger partial charge in [0.15, 0.2) is 5.82 Å². The summed E-state index contributed by atoms with van der Waals surface area (Å²) in [6, 6.07) is 3.91. The lowest BCUT2D eigenvalue weighted by molar-refractivity contribution is -0.404. The maximum atomic E-state index is 10.6. The summed E-state index contributed by atoms with van der Waals surface area (Å²) in [4.78, 5) is 16.2. The van der Waals surface area contributed by atoms with Crippen molar-refractivity contribution in [2.45, 2.75) is 32.5 Å². The summed E-state index contributed by atoms with van der Waals surface area (Å²) >= 11 is 5.74. The summed E-state index contributed by atoms with van der Waals surface area (Å²) in [6.07, 6.45) is 2.69. The Labute approximate surface area is 116 Å². The number of pyridine rings is 1. The van der Waals surface area contributed by atoms with E-state index < -0.39 is 4.92 Å². The lowest BCUT2D eigenvalue weighted by atomic mass is 10.1. The van der Waals surface area contributed by atoms with E-state index in [4.69, 9.17) is 11.6 Å². The van der Waals surface area contributed by atoms with E-state index in [1.807, 2.05) is 24.8 Å². The molecule has 0 saturated carbocycles. The standard InChI is InChI=1S/C12H15ClN4O2/c1-8-9(2)16(12(15-8)7-17(18)19)6-10-3-4-11(13)14-5-10/h3-5,7-9,15H,6H2,1-2H3/b12-7-/t8-,9-/m0/s1. The fourth-order valence-electron chi connectivity index (χ4n) is 2.06. The second-order valence-corrected chi connectivity index (χ2v) is 4.98. The molecule has 2 atom stereocenters. The maximum Gasteiger partial charge on any atom is 0.274 e. The van der Waals surface area contributed by atoms with Crippen molar-refractivity contribution in [3.8, 4) is 0 Å². The Balaban J connectivity index is 2.20. The van der Waals surface area contributed by atoms with Crippen LogP contribution in [-0.2, 0) is 6.54 Å². The zero-order valence-electron chi connectivity index (χ0n) is 10.7. The van der Waals surface area contributed by atoms with Crippen LogP contribution in [-0.4, -0.2) is 26.9 Å². The number of nitrogens with one attached hydrogen (secondary N) is 1. The van der Waals surface area contributed by atoms with Crippen molar-refractivity contribution in [2.24, 2.45) is 0 Å². The number of rotatable bonds is 3. The SMILES string of the molecule is C[C@@H]1N/C(=C/[N+](=O)[O-])N(Cc2ccc(Cl)nc2)[C@H]1C. The van der Waals surface area contributed by atoms with E-state index in [-0.39, 0.29) is 12.1 Å². The Kier molecular flexibility index (Phi) is 3.90. The lowest BCUT2D eigenvalue weighted by Crippen LogP contribution is -2.30. The summed E-state index contributed by atoms with van der Waals surface area (Å²) < 4.78 is 0. The van der Waals surface area contributed by atoms with Crippen LogP contribution in [0.25, 0.3) is 0 Å². The van der Waals surface area contributed by atoms with Gasteiger partial charge in [0, 0.05) is 24.8 Å². The molecule has 102 valence electrons. The average molecular weight is 283 g/mol. The molecule has 0 bridgehead atoms. The van der Waals surface area contributed by atoms with Crippen LogP contribution in [0, 0.1) is 10.1 Å². The third-order valence-electron chi connectivity index (χ3n) is 3.27. The molecule has 1 aromatic rings. The Bertz CT molecular complexity index is 503. The maximum absolute atomic E-state index is 10.6. The third kappa shape index (κ3) is 3.14. The van der Waals surface area contributed by atoms with Crippen LogP contribution in [0.4, 0.5) is 0 Å². The predicted octanol–water partition coefficient (Wildman–Crippen LogP) is 1.99. The lowest BCUT2D eigenvalue weighted by Gasteiger charge is -2.23. The minimum absolute atomic E-state index is 0.159. The smallest absolute Gasteiger partial charge is 0.274 e. The number of aromatic nitrogens is 1. The van der Waals surface area contributed by atoms with Gasteiger partial charge in [0.25, 0.3) is 6.20 Å². The topological polar surface area (TPSA) is 71.3 Å². The summed E-state index contributed by atoms with van der Waals surface area (Å²) in [5.74, 6) is 0.528. The Hall–Kier alpha value is -1.82. The van der Waals surface area contributed by atoms with Crippen molar-refractivity contribution in [1.82, 2.24) is 15.2 Å². The van der Waals surface area contributed by atoms with Crippen LogP contribution in [0.3, 0.4) is 0 Å². The van der Waals surface area contributed by atoms with Crippen molar-refractivity contribution in [3.63, 3.8) is 0 Å². The molecular formula is C12H15ClN4O2. The quantitative estimate of drug-likeness (QED) is 0.521. The number of hydrogen-bond donors (Lipinski definition) is 1. The zero-order chi connectivity index (χ0) is 14.0. The van der Waals surface area contributed by atoms with Crippen LogP contribution in [0.15, 0.2) is 30.4 Å². The highest BCUT2D eigenvalue weighted by Gasteiger charge is 2.32. The van der Waals surface area contributed by atoms with Crippen LogP contribution < -0.4 is 5.32 Å². The van der Waals surface area contributed by atoms with Gasteiger partial charge in [0.2, 0.25) is 0 Å². The molecule has 1 N–H and O–H groups in total. The summed E-state index contributed by atoms with van der Waals surface area (Å²) in [5.41, 5.74) is 0.960. The van der Waals surface area contributed by atoms with Crippen molar-refractivity contribution in [2.75, 3.05) is 0 Å². The van der Waals surface area contributed by atoms with Gasteiger partial charge in [-0.1, -0.05) is 17.7 Å². The van der Waals surface area contributed by atoms with Gasteiger partial charge < -0.3 is 10.2 Å². The molecule has 19 heavy (non-hydrogen) atoms. The molecule has 2 heterocycles. The fourth-order valence-corrected chi connectivity index (χ4v) is 2.17. The average Bonchev–Trinajstić information content (AvgIpc) is 2.59. The largest absolute Gasteiger partial charge is 0.362 e. The van der Waals surface area contributed by atoms with Crippen molar-refractivity contribution >= 4 is 11.6 Å². The van der Waals surface area contributed by atoms with Gasteiger partial charge in [-0.05, 0) is 25.5 Å². The first-order valence-electron chi connectivity index (χ1n) is 5.96. The first kappa shape index (κ1) is 13.6. The summed E-state index contributed by atoms with van der Waals surface area (Å²) in [7, 11) is 0. The van der Waals surface area contributed by atoms with Crippen molar-refractivity contribution in [1.29, 1.82) is 0 Å². The third-order valence-corrected chi connectivity index (χ3v) is 3.49. The van der Waals surface area contributed by atoms with Gasteiger partial charge in [-0.25, -0.2) is 4.98 Å². The summed E-state index contributed by atoms with van der Waals surface area (Å²) in [5, 5.41) is 14.2. The second kappa shape index (κ2) is 5.44. The molecule has 1 aliphatic heterocycles. The molecule has 0 aromatic carbocycles. The molecule has 1 aromatic heterocycles. The van der Waals surface area contributed by atoms with Gasteiger partial charge in [0.05, 0.1) is 4.92 Å². The van der Waals surface area contributed by atoms with Gasteiger partial charge in [-0.2, -0.15) is 0 Å². The molecule has 0 aliphatic carbocycles. The highest BCUT2D eigenvalue weighted by Crippen LogP contribution is 2.22. The van der Waals surface area contributed by atoms with Gasteiger partial charge in [-0.3, -0.25) is 10.1 Å². The predicted molar refractivity (Wildman–Crippen MR) is 71.9 cm³/mol. The van der Waals surface area contributed by atoms with Crippen LogP contribution in [0.5, 0.6) is 0 Å².